The Bertz CT molecular complexity index is 864. The van der Waals surface area contributed by atoms with Crippen LogP contribution in [0.2, 0.25) is 0 Å². The molecule has 1 aliphatic heterocycles. The van der Waals surface area contributed by atoms with E-state index in [0.29, 0.717) is 0 Å². The molecule has 8 heteroatoms. The molecule has 25 heavy (non-hydrogen) atoms. The number of carboxylic acids is 1. The number of carbonyl (C=O) groups is 2. The Balaban J connectivity index is 1.86. The van der Waals surface area contributed by atoms with Crippen molar-refractivity contribution in [1.82, 2.24) is 10.2 Å². The van der Waals surface area contributed by atoms with Gasteiger partial charge in [0.15, 0.2) is 5.11 Å². The summed E-state index contributed by atoms with van der Waals surface area (Å²) >= 11 is 10.0. The Morgan fingerprint density at radius 3 is 2.64 bits per heavy atom. The number of thiophene rings is 1. The normalized spacial score (nSPS) is 17.0. The first-order valence-corrected chi connectivity index (χ1v) is 9.36. The number of aliphatic carboxylic acids is 1. The maximum absolute atomic E-state index is 12.7. The number of hydrogen-bond donors (Lipinski definition) is 2. The average Bonchev–Trinajstić information content (AvgIpc) is 3.10. The topological polar surface area (TPSA) is 69.6 Å². The molecule has 1 aromatic carbocycles. The van der Waals surface area contributed by atoms with Gasteiger partial charge in [0.2, 0.25) is 0 Å². The lowest BCUT2D eigenvalue weighted by Gasteiger charge is -2.22. The number of rotatable bonds is 5. The van der Waals surface area contributed by atoms with Gasteiger partial charge in [0.05, 0.1) is 3.79 Å². The first-order valence-electron chi connectivity index (χ1n) is 7.34. The Kier molecular flexibility index (Phi) is 5.31. The van der Waals surface area contributed by atoms with Gasteiger partial charge in [-0.2, -0.15) is 0 Å². The Morgan fingerprint density at radius 2 is 2.04 bits per heavy atom. The van der Waals surface area contributed by atoms with Crippen LogP contribution in [-0.4, -0.2) is 33.0 Å². The van der Waals surface area contributed by atoms with Crippen LogP contribution in [0.25, 0.3) is 6.08 Å². The summed E-state index contributed by atoms with van der Waals surface area (Å²) in [5, 5.41) is 12.5. The molecule has 0 saturated carbocycles. The first kappa shape index (κ1) is 17.8. The highest BCUT2D eigenvalue weighted by Crippen LogP contribution is 2.26. The summed E-state index contributed by atoms with van der Waals surface area (Å²) in [5.41, 5.74) is 1.10. The number of carbonyl (C=O) groups excluding carboxylic acids is 1. The summed E-state index contributed by atoms with van der Waals surface area (Å²) in [6.45, 7) is 0. The van der Waals surface area contributed by atoms with Crippen molar-refractivity contribution < 1.29 is 14.7 Å². The van der Waals surface area contributed by atoms with Gasteiger partial charge >= 0.3 is 5.97 Å². The van der Waals surface area contributed by atoms with Crippen LogP contribution in [0.1, 0.15) is 10.4 Å². The smallest absolute Gasteiger partial charge is 0.327 e. The van der Waals surface area contributed by atoms with Crippen molar-refractivity contribution in [2.24, 2.45) is 0 Å². The van der Waals surface area contributed by atoms with Crippen LogP contribution in [0.5, 0.6) is 0 Å². The predicted molar refractivity (Wildman–Crippen MR) is 104 cm³/mol. The monoisotopic (exact) mass is 436 g/mol. The molecule has 0 aliphatic carbocycles. The van der Waals surface area contributed by atoms with Gasteiger partial charge in [-0.25, -0.2) is 4.79 Å². The van der Waals surface area contributed by atoms with E-state index in [0.717, 1.165) is 19.1 Å². The number of nitrogens with one attached hydrogen (secondary N) is 1. The van der Waals surface area contributed by atoms with Crippen molar-refractivity contribution in [3.05, 3.63) is 62.4 Å². The molecular weight excluding hydrogens is 424 g/mol. The van der Waals surface area contributed by atoms with E-state index in [4.69, 9.17) is 12.2 Å². The summed E-state index contributed by atoms with van der Waals surface area (Å²) in [6, 6.07) is 11.8. The molecule has 2 N–H and O–H groups in total. The van der Waals surface area contributed by atoms with Crippen molar-refractivity contribution in [2.45, 2.75) is 12.5 Å². The summed E-state index contributed by atoms with van der Waals surface area (Å²) < 4.78 is 0.941. The highest BCUT2D eigenvalue weighted by molar-refractivity contribution is 9.11. The van der Waals surface area contributed by atoms with Gasteiger partial charge in [-0.15, -0.1) is 11.3 Å². The minimum atomic E-state index is -1.10. The highest BCUT2D eigenvalue weighted by atomic mass is 79.9. The number of carboxylic acid groups (broad SMARTS) is 1. The lowest BCUT2D eigenvalue weighted by molar-refractivity contribution is -0.145. The molecule has 1 aromatic heterocycles. The van der Waals surface area contributed by atoms with Crippen LogP contribution >= 0.6 is 39.5 Å². The van der Waals surface area contributed by atoms with E-state index in [1.54, 1.807) is 6.08 Å². The van der Waals surface area contributed by atoms with E-state index in [1.165, 1.54) is 11.3 Å². The molecule has 5 nitrogen and oxygen atoms in total. The highest BCUT2D eigenvalue weighted by Gasteiger charge is 2.39. The third kappa shape index (κ3) is 3.97. The Labute approximate surface area is 162 Å². The third-order valence-corrected chi connectivity index (χ3v) is 5.53. The zero-order chi connectivity index (χ0) is 18.0. The van der Waals surface area contributed by atoms with Crippen LogP contribution in [0.3, 0.4) is 0 Å². The van der Waals surface area contributed by atoms with E-state index in [-0.39, 0.29) is 17.2 Å². The van der Waals surface area contributed by atoms with Crippen LogP contribution < -0.4 is 5.32 Å². The fraction of sp³-hybridized carbons (Fsp3) is 0.118. The Morgan fingerprint density at radius 1 is 1.32 bits per heavy atom. The SMILES string of the molecule is O=C(O)C(Cc1ccccc1)N1C(=O)/C(=C/c2ccc(Br)s2)NC1=S. The van der Waals surface area contributed by atoms with Gasteiger partial charge < -0.3 is 10.4 Å². The van der Waals surface area contributed by atoms with E-state index in [1.807, 2.05) is 42.5 Å². The minimum absolute atomic E-state index is 0.107. The van der Waals surface area contributed by atoms with Crippen LogP contribution in [-0.2, 0) is 16.0 Å². The summed E-state index contributed by atoms with van der Waals surface area (Å²) in [5.74, 6) is -1.53. The molecular formula is C17H13BrN2O3S2. The fourth-order valence-corrected chi connectivity index (χ4v) is 4.19. The molecule has 1 atom stereocenters. The molecule has 128 valence electrons. The summed E-state index contributed by atoms with van der Waals surface area (Å²) in [6.07, 6.45) is 1.85. The van der Waals surface area contributed by atoms with Crippen LogP contribution in [0, 0.1) is 0 Å². The molecule has 1 amide bonds. The summed E-state index contributed by atoms with van der Waals surface area (Å²) in [7, 11) is 0. The first-order chi connectivity index (χ1) is 12.0. The molecule has 0 spiro atoms. The van der Waals surface area contributed by atoms with E-state index >= 15 is 0 Å². The average molecular weight is 437 g/mol. The second-order valence-corrected chi connectivity index (χ2v) is 8.23. The second kappa shape index (κ2) is 7.47. The summed E-state index contributed by atoms with van der Waals surface area (Å²) in [4.78, 5) is 26.4. The number of thiocarbonyl (C=S) groups is 1. The van der Waals surface area contributed by atoms with Crippen molar-refractivity contribution in [3.8, 4) is 0 Å². The molecule has 1 unspecified atom stereocenters. The predicted octanol–water partition coefficient (Wildman–Crippen LogP) is 3.26. The van der Waals surface area contributed by atoms with Gasteiger partial charge in [-0.3, -0.25) is 9.69 Å². The molecule has 3 rings (SSSR count). The molecule has 0 bridgehead atoms. The van der Waals surface area contributed by atoms with Crippen molar-refractivity contribution >= 4 is 62.5 Å². The number of benzene rings is 1. The van der Waals surface area contributed by atoms with E-state index in [9.17, 15) is 14.7 Å². The molecule has 1 aliphatic rings. The molecule has 1 saturated heterocycles. The zero-order valence-corrected chi connectivity index (χ0v) is 16.0. The maximum atomic E-state index is 12.7. The van der Waals surface area contributed by atoms with E-state index in [2.05, 4.69) is 21.2 Å². The number of hydrogen-bond acceptors (Lipinski definition) is 4. The van der Waals surface area contributed by atoms with Crippen LogP contribution in [0.15, 0.2) is 51.9 Å². The number of amides is 1. The van der Waals surface area contributed by atoms with Crippen molar-refractivity contribution in [3.63, 3.8) is 0 Å². The number of halogens is 1. The van der Waals surface area contributed by atoms with Crippen molar-refractivity contribution in [1.29, 1.82) is 0 Å². The third-order valence-electron chi connectivity index (χ3n) is 3.66. The van der Waals surface area contributed by atoms with Gasteiger partial charge in [0, 0.05) is 11.3 Å². The second-order valence-electron chi connectivity index (χ2n) is 5.35. The van der Waals surface area contributed by atoms with Gasteiger partial charge in [-0.05, 0) is 51.9 Å². The standard InChI is InChI=1S/C17H13BrN2O3S2/c18-14-7-6-11(25-14)9-12-15(21)20(17(24)19-12)13(16(22)23)8-10-4-2-1-3-5-10/h1-7,9,13H,8H2,(H,19,24)(H,22,23)/b12-9-. The van der Waals surface area contributed by atoms with Crippen molar-refractivity contribution in [2.75, 3.05) is 0 Å². The lowest BCUT2D eigenvalue weighted by atomic mass is 10.0. The Hall–Kier alpha value is -2.03. The largest absolute Gasteiger partial charge is 0.480 e. The maximum Gasteiger partial charge on any atom is 0.327 e. The van der Waals surface area contributed by atoms with Gasteiger partial charge in [0.1, 0.15) is 11.7 Å². The minimum Gasteiger partial charge on any atom is -0.480 e. The number of nitrogens with zero attached hydrogens (tertiary/aromatic N) is 1. The molecule has 2 aromatic rings. The molecule has 2 heterocycles. The van der Waals surface area contributed by atoms with Gasteiger partial charge in [-0.1, -0.05) is 30.3 Å². The quantitative estimate of drug-likeness (QED) is 0.555. The molecule has 1 fully saturated rings. The fourth-order valence-electron chi connectivity index (χ4n) is 2.51. The van der Waals surface area contributed by atoms with Gasteiger partial charge in [0.25, 0.3) is 5.91 Å². The van der Waals surface area contributed by atoms with E-state index < -0.39 is 17.9 Å². The lowest BCUT2D eigenvalue weighted by Crippen LogP contribution is -2.46. The molecule has 0 radical (unpaired) electrons. The van der Waals surface area contributed by atoms with Crippen LogP contribution in [0.4, 0.5) is 0 Å². The zero-order valence-electron chi connectivity index (χ0n) is 12.8.